The van der Waals surface area contributed by atoms with E-state index in [1.54, 1.807) is 0 Å². The van der Waals surface area contributed by atoms with Crippen molar-refractivity contribution >= 4 is 17.9 Å². The first-order valence-electron chi connectivity index (χ1n) is 26.8. The molecule has 7 aliphatic heterocycles. The lowest BCUT2D eigenvalue weighted by molar-refractivity contribution is -0.402. The van der Waals surface area contributed by atoms with Crippen molar-refractivity contribution in [1.82, 2.24) is 0 Å². The first-order valence-corrected chi connectivity index (χ1v) is 26.8. The van der Waals surface area contributed by atoms with E-state index in [1.165, 1.54) is 0 Å². The van der Waals surface area contributed by atoms with Crippen LogP contribution in [0.1, 0.15) is 6.42 Å². The van der Waals surface area contributed by atoms with Gasteiger partial charge in [0, 0.05) is 6.42 Å². The van der Waals surface area contributed by atoms with Crippen LogP contribution >= 0.6 is 0 Å². The third-order valence-electron chi connectivity index (χ3n) is 15.6. The molecule has 0 aliphatic carbocycles. The van der Waals surface area contributed by atoms with Crippen LogP contribution in [0, 0.1) is 0 Å². The highest BCUT2D eigenvalue weighted by molar-refractivity contribution is 5.75. The third-order valence-corrected chi connectivity index (χ3v) is 15.6. The zero-order valence-corrected chi connectivity index (χ0v) is 45.3. The number of nitrogens with two attached hydrogens (primary N) is 2. The lowest BCUT2D eigenvalue weighted by Gasteiger charge is -2.51. The molecule has 7 heterocycles. The number of rotatable bonds is 23. The maximum absolute atomic E-state index is 12.5. The van der Waals surface area contributed by atoms with E-state index in [1.807, 2.05) is 0 Å². The lowest BCUT2D eigenvalue weighted by atomic mass is 9.91. The fourth-order valence-electron chi connectivity index (χ4n) is 10.5. The summed E-state index contributed by atoms with van der Waals surface area (Å²) in [4.78, 5) is 36.0. The minimum absolute atomic E-state index is 0.910. The molecule has 42 nitrogen and oxygen atoms in total. The van der Waals surface area contributed by atoms with Gasteiger partial charge < -0.3 is 196 Å². The van der Waals surface area contributed by atoms with Crippen LogP contribution in [0.15, 0.2) is 11.7 Å². The summed E-state index contributed by atoms with van der Waals surface area (Å²) in [6.07, 6.45) is -75.2. The summed E-state index contributed by atoms with van der Waals surface area (Å²) in [6.45, 7) is -5.85. The van der Waals surface area contributed by atoms with Gasteiger partial charge in [-0.05, 0) is 0 Å². The fourth-order valence-corrected chi connectivity index (χ4v) is 10.5. The zero-order valence-electron chi connectivity index (χ0n) is 45.3. The summed E-state index contributed by atoms with van der Waals surface area (Å²) in [5.74, 6) is -12.1. The molecule has 6 saturated heterocycles. The van der Waals surface area contributed by atoms with Crippen LogP contribution < -0.4 is 11.5 Å². The number of hydrogen-bond acceptors (Lipinski definition) is 39. The van der Waals surface area contributed by atoms with Crippen LogP contribution in [-0.2, 0) is 76.0 Å². The molecule has 0 spiro atoms. The summed E-state index contributed by atoms with van der Waals surface area (Å²) in [5.41, 5.74) is 11.8. The van der Waals surface area contributed by atoms with E-state index in [4.69, 9.17) is 73.0 Å². The van der Waals surface area contributed by atoms with Gasteiger partial charge in [-0.25, -0.2) is 14.4 Å². The van der Waals surface area contributed by atoms with Crippen LogP contribution in [0.4, 0.5) is 0 Å². The maximum Gasteiger partial charge on any atom is 0.364 e. The van der Waals surface area contributed by atoms with Crippen molar-refractivity contribution in [3.8, 4) is 0 Å². The number of aliphatic hydroxyl groups is 21. The van der Waals surface area contributed by atoms with Crippen molar-refractivity contribution in [2.45, 2.75) is 221 Å². The summed E-state index contributed by atoms with van der Waals surface area (Å²) in [6, 6.07) is -3.34. The monoisotopic (exact) mass is 1290 g/mol. The Balaban J connectivity index is 1.30. The van der Waals surface area contributed by atoms with Gasteiger partial charge in [0.1, 0.15) is 134 Å². The molecule has 0 amide bonds. The van der Waals surface area contributed by atoms with Crippen LogP contribution in [0.25, 0.3) is 0 Å². The molecule has 7 aliphatic rings. The average Bonchev–Trinajstić information content (AvgIpc) is 1.01. The van der Waals surface area contributed by atoms with Crippen molar-refractivity contribution in [2.75, 3.05) is 33.0 Å². The predicted octanol–water partition coefficient (Wildman–Crippen LogP) is -16.6. The fraction of sp³-hybridized carbons (Fsp3) is 0.891. The molecule has 0 radical (unpaired) electrons. The second kappa shape index (κ2) is 29.5. The molecule has 0 aromatic rings. The highest BCUT2D eigenvalue weighted by atomic mass is 16.8. The van der Waals surface area contributed by atoms with E-state index >= 15 is 0 Å². The van der Waals surface area contributed by atoms with Crippen LogP contribution in [0.2, 0.25) is 0 Å². The number of carbonyl (C=O) groups is 3. The smallest absolute Gasteiger partial charge is 0.364 e. The number of carboxylic acids is 3. The third kappa shape index (κ3) is 14.7. The molecule has 35 atom stereocenters. The van der Waals surface area contributed by atoms with E-state index in [2.05, 4.69) is 0 Å². The molecule has 42 heteroatoms. The quantitative estimate of drug-likeness (QED) is 0.0452. The Bertz CT molecular complexity index is 2350. The molecule has 20 unspecified atom stereocenters. The van der Waals surface area contributed by atoms with E-state index in [-0.39, 0.29) is 0 Å². The van der Waals surface area contributed by atoms with Gasteiger partial charge in [-0.1, -0.05) is 0 Å². The normalized spacial score (nSPS) is 48.0. The Kier molecular flexibility index (Phi) is 24.0. The van der Waals surface area contributed by atoms with E-state index in [9.17, 15) is 137 Å². The average molecular weight is 1300 g/mol. The largest absolute Gasteiger partial charge is 0.504 e. The Morgan fingerprint density at radius 1 is 0.523 bits per heavy atom. The number of carboxylic acid groups (broad SMARTS) is 3. The molecule has 28 N–H and O–H groups in total. The molecule has 6 fully saturated rings. The number of ether oxygens (including phenoxy) is 13. The second-order valence-electron chi connectivity index (χ2n) is 21.6. The minimum atomic E-state index is -3.32. The Labute approximate surface area is 492 Å². The van der Waals surface area contributed by atoms with Gasteiger partial charge in [0.15, 0.2) is 55.9 Å². The summed E-state index contributed by atoms with van der Waals surface area (Å²) in [7, 11) is 0. The molecule has 0 aromatic carbocycles. The second-order valence-corrected chi connectivity index (χ2v) is 21.6. The molecular formula is C46H74N2O40. The molecule has 7 rings (SSSR count). The van der Waals surface area contributed by atoms with E-state index < -0.39 is 283 Å². The highest BCUT2D eigenvalue weighted by Crippen LogP contribution is 2.40. The molecule has 88 heavy (non-hydrogen) atoms. The molecular weight excluding hydrogens is 1220 g/mol. The van der Waals surface area contributed by atoms with Crippen molar-refractivity contribution < 1.29 is 199 Å². The molecule has 0 aromatic heterocycles. The van der Waals surface area contributed by atoms with Crippen LogP contribution in [0.5, 0.6) is 0 Å². The molecule has 0 saturated carbocycles. The van der Waals surface area contributed by atoms with Gasteiger partial charge in [0.05, 0.1) is 51.2 Å². The highest BCUT2D eigenvalue weighted by Gasteiger charge is 2.61. The topological polar surface area (TPSA) is 709 Å². The van der Waals surface area contributed by atoms with Gasteiger partial charge in [0.25, 0.3) is 5.79 Å². The van der Waals surface area contributed by atoms with E-state index in [0.29, 0.717) is 0 Å². The molecule has 508 valence electrons. The summed E-state index contributed by atoms with van der Waals surface area (Å²) >= 11 is 0. The Morgan fingerprint density at radius 2 is 1.05 bits per heavy atom. The first-order chi connectivity index (χ1) is 41.2. The van der Waals surface area contributed by atoms with Gasteiger partial charge in [-0.3, -0.25) is 0 Å². The molecule has 0 bridgehead atoms. The van der Waals surface area contributed by atoms with Crippen molar-refractivity contribution in [1.29, 1.82) is 0 Å². The zero-order chi connectivity index (χ0) is 65.5. The van der Waals surface area contributed by atoms with Gasteiger partial charge in [-0.15, -0.1) is 0 Å². The Hall–Kier alpha value is -3.77. The van der Waals surface area contributed by atoms with Gasteiger partial charge in [0.2, 0.25) is 5.76 Å². The van der Waals surface area contributed by atoms with Crippen molar-refractivity contribution in [2.24, 2.45) is 11.5 Å². The van der Waals surface area contributed by atoms with E-state index in [0.717, 1.165) is 0 Å². The standard InChI is InChI=1S/C46H74N2O40/c47-13-17(58)15(56)11(4-51)78-39(13)76-5-10(55)28-23(64)24(65)35(86-42-26(67)20(61)22(63)34(85-42)38(71)72)44(80-28)83-32-27(68)43(81-29-7(52)1-46(75,45(73)74)88-31(29)9(54)3-50)82-30(8(53)2-49)36(32)87-41-25(66)19(60)16(57)12(79-41)6-77-40-14(48)18(59)21(62)33(84-40)37(69)70/h7-24,26-36,39-40,42-44,49-68,75H,1-6,47-48H2,(H,69,70)(H,71,72)(H,73,74)/t7?,8?,9?,10?,11?,12?,13?,14?,15-,16-,17?,18?,19?,20?,21-,22+,23+,24?,26-,27?,28?,29+,30?,31?,32?,33?,34?,35-,36+,39-,40-,42+,43+,44-,46-/m1/s1. The Morgan fingerprint density at radius 3 is 1.62 bits per heavy atom. The van der Waals surface area contributed by atoms with Crippen LogP contribution in [-0.4, -0.2) is 388 Å². The summed E-state index contributed by atoms with van der Waals surface area (Å²) in [5, 5.41) is 258. The minimum Gasteiger partial charge on any atom is -0.504 e. The summed E-state index contributed by atoms with van der Waals surface area (Å²) < 4.78 is 72.9. The SMILES string of the molecule is NC1C(O)[C@H](O)C(CO)O[C@H]1OCC(O)C1O[C@H](OC2C(O)[C@@H](O[C@H]3C(O)C[C@](O)(C(=O)O)OC3C(O)CO)OC(C(O)CO)[C@@H]2OC2=C(O)C(O)[C@H](O)C(CO[C@@H]3OC(C(=O)O)[C@H](O)C(O)C3N)O2)[C@H](O[C@@H]2OC(C(=O)O)[C@@H](O)C(O)[C@H]2O)C(O)[C@@H]1O. The van der Waals surface area contributed by atoms with Crippen molar-refractivity contribution in [3.63, 3.8) is 0 Å². The van der Waals surface area contributed by atoms with Crippen molar-refractivity contribution in [3.05, 3.63) is 11.7 Å². The number of aliphatic hydroxyl groups excluding tert-OH is 20. The lowest BCUT2D eigenvalue weighted by Crippen LogP contribution is -2.70. The number of hydrogen-bond donors (Lipinski definition) is 26. The van der Waals surface area contributed by atoms with Crippen LogP contribution in [0.3, 0.4) is 0 Å². The van der Waals surface area contributed by atoms with Gasteiger partial charge in [-0.2, -0.15) is 0 Å². The maximum atomic E-state index is 12.5. The van der Waals surface area contributed by atoms with Gasteiger partial charge >= 0.3 is 23.9 Å². The first kappa shape index (κ1) is 71.7. The predicted molar refractivity (Wildman–Crippen MR) is 260 cm³/mol. The number of aliphatic carboxylic acids is 3.